The van der Waals surface area contributed by atoms with Gasteiger partial charge in [0.05, 0.1) is 25.2 Å². The Morgan fingerprint density at radius 2 is 2.20 bits per heavy atom. The number of ether oxygens (including phenoxy) is 1. The van der Waals surface area contributed by atoms with Crippen molar-refractivity contribution in [2.24, 2.45) is 10.7 Å². The molecule has 2 aromatic heterocycles. The molecule has 8 nitrogen and oxygen atoms in total. The summed E-state index contributed by atoms with van der Waals surface area (Å²) < 4.78 is 4.93. The van der Waals surface area contributed by atoms with Crippen molar-refractivity contribution in [2.75, 3.05) is 18.2 Å². The van der Waals surface area contributed by atoms with Gasteiger partial charge < -0.3 is 15.8 Å². The van der Waals surface area contributed by atoms with Crippen molar-refractivity contribution in [3.05, 3.63) is 42.1 Å². The number of rotatable bonds is 4. The number of amides is 1. The monoisotopic (exact) mass is 358 g/mol. The van der Waals surface area contributed by atoms with Crippen molar-refractivity contribution in [3.63, 3.8) is 0 Å². The maximum atomic E-state index is 12.3. The Morgan fingerprint density at radius 3 is 2.88 bits per heavy atom. The number of carbonyl (C=O) groups is 1. The van der Waals surface area contributed by atoms with Crippen molar-refractivity contribution in [1.29, 1.82) is 0 Å². The first-order valence-corrected chi connectivity index (χ1v) is 8.61. The van der Waals surface area contributed by atoms with Gasteiger partial charge in [0.15, 0.2) is 5.17 Å². The summed E-state index contributed by atoms with van der Waals surface area (Å²) in [6, 6.07) is 3.52. The lowest BCUT2D eigenvalue weighted by Crippen LogP contribution is -2.29. The fourth-order valence-corrected chi connectivity index (χ4v) is 3.38. The van der Waals surface area contributed by atoms with Gasteiger partial charge in [-0.15, -0.1) is 0 Å². The molecule has 130 valence electrons. The molecule has 2 aromatic rings. The molecule has 3 N–H and O–H groups in total. The zero-order chi connectivity index (χ0) is 17.9. The Hall–Kier alpha value is -2.68. The maximum Gasteiger partial charge on any atom is 0.275 e. The molecule has 1 amide bonds. The largest absolute Gasteiger partial charge is 0.480 e. The van der Waals surface area contributed by atoms with Crippen molar-refractivity contribution < 1.29 is 9.53 Å². The lowest BCUT2D eigenvalue weighted by Gasteiger charge is -2.28. The molecule has 1 aliphatic heterocycles. The van der Waals surface area contributed by atoms with Gasteiger partial charge in [-0.3, -0.25) is 9.78 Å². The number of aromatic nitrogens is 3. The van der Waals surface area contributed by atoms with Crippen molar-refractivity contribution in [1.82, 2.24) is 15.0 Å². The summed E-state index contributed by atoms with van der Waals surface area (Å²) >= 11 is 1.53. The van der Waals surface area contributed by atoms with E-state index in [0.29, 0.717) is 16.7 Å². The summed E-state index contributed by atoms with van der Waals surface area (Å²) in [5.74, 6) is 0.867. The Balaban J connectivity index is 1.79. The van der Waals surface area contributed by atoms with Crippen LogP contribution in [-0.4, -0.2) is 38.9 Å². The van der Waals surface area contributed by atoms with Gasteiger partial charge >= 0.3 is 0 Å². The number of nitrogens with zero attached hydrogens (tertiary/aromatic N) is 4. The number of amidine groups is 1. The van der Waals surface area contributed by atoms with Crippen LogP contribution in [0.15, 0.2) is 35.7 Å². The molecule has 0 fully saturated rings. The van der Waals surface area contributed by atoms with Crippen LogP contribution >= 0.6 is 11.8 Å². The molecule has 3 heterocycles. The summed E-state index contributed by atoms with van der Waals surface area (Å²) in [4.78, 5) is 29.2. The minimum absolute atomic E-state index is 0.196. The fourth-order valence-electron chi connectivity index (χ4n) is 2.41. The van der Waals surface area contributed by atoms with Gasteiger partial charge in [0.2, 0.25) is 5.88 Å². The van der Waals surface area contributed by atoms with Gasteiger partial charge in [0, 0.05) is 17.6 Å². The van der Waals surface area contributed by atoms with E-state index in [9.17, 15) is 4.79 Å². The molecule has 0 spiro atoms. The Kier molecular flexibility index (Phi) is 4.84. The van der Waals surface area contributed by atoms with Crippen LogP contribution in [-0.2, 0) is 5.54 Å². The number of carbonyl (C=O) groups excluding carboxylic acids is 1. The predicted molar refractivity (Wildman–Crippen MR) is 96.8 cm³/mol. The van der Waals surface area contributed by atoms with E-state index in [1.807, 2.05) is 13.0 Å². The maximum absolute atomic E-state index is 12.3. The highest BCUT2D eigenvalue weighted by atomic mass is 32.2. The second-order valence-corrected chi connectivity index (χ2v) is 6.77. The zero-order valence-corrected chi connectivity index (χ0v) is 14.7. The second-order valence-electron chi connectivity index (χ2n) is 5.65. The van der Waals surface area contributed by atoms with Crippen molar-refractivity contribution >= 4 is 28.5 Å². The van der Waals surface area contributed by atoms with E-state index in [2.05, 4.69) is 25.3 Å². The lowest BCUT2D eigenvalue weighted by molar-refractivity contribution is 0.102. The number of hydrogen-bond acceptors (Lipinski definition) is 8. The normalized spacial score (nSPS) is 19.8. The molecule has 3 rings (SSSR count). The van der Waals surface area contributed by atoms with Gasteiger partial charge in [0.1, 0.15) is 11.2 Å². The van der Waals surface area contributed by atoms with E-state index in [-0.39, 0.29) is 11.6 Å². The van der Waals surface area contributed by atoms with Crippen LogP contribution in [0.5, 0.6) is 5.88 Å². The van der Waals surface area contributed by atoms with Gasteiger partial charge in [-0.1, -0.05) is 11.8 Å². The molecule has 0 saturated carbocycles. The molecule has 1 aliphatic rings. The summed E-state index contributed by atoms with van der Waals surface area (Å²) in [6.45, 7) is 1.99. The SMILES string of the molecule is COc1cnc(C(=O)Nc2ccnc([C@]3(C)CCSC(N)=N3)c2)cn1. The third kappa shape index (κ3) is 3.87. The summed E-state index contributed by atoms with van der Waals surface area (Å²) in [6.07, 6.45) is 5.22. The van der Waals surface area contributed by atoms with Crippen LogP contribution in [0.25, 0.3) is 0 Å². The van der Waals surface area contributed by atoms with Crippen LogP contribution in [0.1, 0.15) is 29.5 Å². The van der Waals surface area contributed by atoms with Crippen LogP contribution < -0.4 is 15.8 Å². The van der Waals surface area contributed by atoms with Crippen LogP contribution in [0.3, 0.4) is 0 Å². The summed E-state index contributed by atoms with van der Waals surface area (Å²) in [5.41, 5.74) is 6.93. The third-order valence-corrected chi connectivity index (χ3v) is 4.63. The standard InChI is InChI=1S/C16H18N6O2S/c1-16(4-6-25-15(17)22-16)12-7-10(3-5-18-12)21-14(23)11-8-20-13(24-2)9-19-11/h3,5,7-9H,4,6H2,1-2H3,(H2,17,22)(H,18,21,23)/t16-/m0/s1. The molecule has 1 atom stereocenters. The number of methoxy groups -OCH3 is 1. The van der Waals surface area contributed by atoms with Crippen LogP contribution in [0.4, 0.5) is 5.69 Å². The number of pyridine rings is 1. The van der Waals surface area contributed by atoms with Crippen LogP contribution in [0, 0.1) is 0 Å². The first kappa shape index (κ1) is 17.2. The quantitative estimate of drug-likeness (QED) is 0.856. The zero-order valence-electron chi connectivity index (χ0n) is 13.9. The third-order valence-electron chi connectivity index (χ3n) is 3.84. The Bertz CT molecular complexity index is 811. The number of nitrogens with two attached hydrogens (primary N) is 1. The number of aliphatic imine (C=N–C) groups is 1. The van der Waals surface area contributed by atoms with E-state index in [0.717, 1.165) is 17.9 Å². The number of hydrogen-bond donors (Lipinski definition) is 2. The van der Waals surface area contributed by atoms with Gasteiger partial charge in [-0.2, -0.15) is 0 Å². The summed E-state index contributed by atoms with van der Waals surface area (Å²) in [5, 5.41) is 3.35. The van der Waals surface area contributed by atoms with E-state index in [1.165, 1.54) is 31.3 Å². The Morgan fingerprint density at radius 1 is 1.36 bits per heavy atom. The van der Waals surface area contributed by atoms with Gasteiger partial charge in [-0.25, -0.2) is 15.0 Å². The molecule has 0 bridgehead atoms. The van der Waals surface area contributed by atoms with E-state index >= 15 is 0 Å². The van der Waals surface area contributed by atoms with E-state index in [4.69, 9.17) is 10.5 Å². The minimum Gasteiger partial charge on any atom is -0.480 e. The smallest absolute Gasteiger partial charge is 0.275 e. The van der Waals surface area contributed by atoms with E-state index < -0.39 is 5.54 Å². The molecule has 0 radical (unpaired) electrons. The molecule has 0 aliphatic carbocycles. The second kappa shape index (κ2) is 7.06. The number of anilines is 1. The number of thioether (sulfide) groups is 1. The number of nitrogens with one attached hydrogen (secondary N) is 1. The fraction of sp³-hybridized carbons (Fsp3) is 0.312. The minimum atomic E-state index is -0.490. The van der Waals surface area contributed by atoms with Gasteiger partial charge in [0.25, 0.3) is 5.91 Å². The molecule has 9 heteroatoms. The molecule has 25 heavy (non-hydrogen) atoms. The highest BCUT2D eigenvalue weighted by Gasteiger charge is 2.31. The average Bonchev–Trinajstić information content (AvgIpc) is 2.62. The first-order chi connectivity index (χ1) is 12.0. The predicted octanol–water partition coefficient (Wildman–Crippen LogP) is 1.80. The molecular weight excluding hydrogens is 340 g/mol. The van der Waals surface area contributed by atoms with Crippen molar-refractivity contribution in [3.8, 4) is 5.88 Å². The molecular formula is C16H18N6O2S. The van der Waals surface area contributed by atoms with Gasteiger partial charge in [-0.05, 0) is 25.5 Å². The van der Waals surface area contributed by atoms with Crippen molar-refractivity contribution in [2.45, 2.75) is 18.9 Å². The molecule has 0 saturated heterocycles. The van der Waals surface area contributed by atoms with Crippen LogP contribution in [0.2, 0.25) is 0 Å². The van der Waals surface area contributed by atoms with E-state index in [1.54, 1.807) is 12.3 Å². The Labute approximate surface area is 149 Å². The molecule has 0 unspecified atom stereocenters. The average molecular weight is 358 g/mol. The first-order valence-electron chi connectivity index (χ1n) is 7.62. The highest BCUT2D eigenvalue weighted by molar-refractivity contribution is 8.13. The highest BCUT2D eigenvalue weighted by Crippen LogP contribution is 2.34. The molecule has 0 aromatic carbocycles. The summed E-state index contributed by atoms with van der Waals surface area (Å²) in [7, 11) is 1.49. The lowest BCUT2D eigenvalue weighted by atomic mass is 9.94. The topological polar surface area (TPSA) is 115 Å².